The highest BCUT2D eigenvalue weighted by Crippen LogP contribution is 2.31. The minimum atomic E-state index is -0.124. The van der Waals surface area contributed by atoms with Gasteiger partial charge in [0.1, 0.15) is 0 Å². The van der Waals surface area contributed by atoms with E-state index in [0.717, 1.165) is 10.4 Å². The standard InChI is InChI=1S/C18H24N2O3S/c1-5-23-17-14(8-6-9-15(17)22-4)12-20(3)18(21)19-13(2)16-10-7-11-24-16/h6-11,13H,5,12H2,1-4H3,(H,19,21). The number of para-hydroxylation sites is 1. The average Bonchev–Trinajstić information content (AvgIpc) is 3.11. The highest BCUT2D eigenvalue weighted by molar-refractivity contribution is 7.10. The van der Waals surface area contributed by atoms with Gasteiger partial charge in [-0.2, -0.15) is 0 Å². The lowest BCUT2D eigenvalue weighted by Crippen LogP contribution is -2.38. The van der Waals surface area contributed by atoms with Gasteiger partial charge in [0.2, 0.25) is 0 Å². The van der Waals surface area contributed by atoms with Crippen LogP contribution < -0.4 is 14.8 Å². The van der Waals surface area contributed by atoms with Crippen molar-refractivity contribution in [3.8, 4) is 11.5 Å². The number of nitrogens with zero attached hydrogens (tertiary/aromatic N) is 1. The molecule has 0 saturated carbocycles. The molecule has 6 heteroatoms. The van der Waals surface area contributed by atoms with Crippen LogP contribution in [-0.2, 0) is 6.54 Å². The Labute approximate surface area is 147 Å². The van der Waals surface area contributed by atoms with E-state index < -0.39 is 0 Å². The van der Waals surface area contributed by atoms with Crippen molar-refractivity contribution < 1.29 is 14.3 Å². The molecule has 0 bridgehead atoms. The second-order valence-electron chi connectivity index (χ2n) is 5.42. The van der Waals surface area contributed by atoms with E-state index >= 15 is 0 Å². The molecule has 0 aliphatic carbocycles. The topological polar surface area (TPSA) is 50.8 Å². The molecule has 0 radical (unpaired) electrons. The molecule has 1 unspecified atom stereocenters. The lowest BCUT2D eigenvalue weighted by molar-refractivity contribution is 0.202. The summed E-state index contributed by atoms with van der Waals surface area (Å²) in [6, 6.07) is 9.56. The molecule has 2 aromatic rings. The molecule has 24 heavy (non-hydrogen) atoms. The van der Waals surface area contributed by atoms with Gasteiger partial charge in [0, 0.05) is 17.5 Å². The maximum atomic E-state index is 12.4. The van der Waals surface area contributed by atoms with Crippen molar-refractivity contribution in [2.45, 2.75) is 26.4 Å². The van der Waals surface area contributed by atoms with Gasteiger partial charge in [-0.05, 0) is 31.4 Å². The van der Waals surface area contributed by atoms with Crippen LogP contribution in [0.4, 0.5) is 4.79 Å². The molecule has 0 spiro atoms. The van der Waals surface area contributed by atoms with E-state index in [-0.39, 0.29) is 12.1 Å². The number of ether oxygens (including phenoxy) is 2. The van der Waals surface area contributed by atoms with Crippen LogP contribution in [-0.4, -0.2) is 31.7 Å². The van der Waals surface area contributed by atoms with Crippen LogP contribution in [0.2, 0.25) is 0 Å². The maximum Gasteiger partial charge on any atom is 0.317 e. The molecule has 0 aliphatic rings. The fourth-order valence-electron chi connectivity index (χ4n) is 2.39. The third kappa shape index (κ3) is 4.41. The molecule has 1 heterocycles. The molecule has 130 valence electrons. The van der Waals surface area contributed by atoms with Crippen LogP contribution in [0, 0.1) is 0 Å². The van der Waals surface area contributed by atoms with Crippen molar-refractivity contribution in [3.05, 3.63) is 46.2 Å². The monoisotopic (exact) mass is 348 g/mol. The first-order chi connectivity index (χ1) is 11.6. The average molecular weight is 348 g/mol. The first kappa shape index (κ1) is 18.1. The molecule has 5 nitrogen and oxygen atoms in total. The summed E-state index contributed by atoms with van der Waals surface area (Å²) in [5, 5.41) is 5.01. The van der Waals surface area contributed by atoms with Gasteiger partial charge < -0.3 is 19.7 Å². The van der Waals surface area contributed by atoms with Crippen molar-refractivity contribution in [1.29, 1.82) is 0 Å². The predicted octanol–water partition coefficient (Wildman–Crippen LogP) is 4.06. The third-order valence-electron chi connectivity index (χ3n) is 3.63. The van der Waals surface area contributed by atoms with Gasteiger partial charge in [-0.3, -0.25) is 0 Å². The van der Waals surface area contributed by atoms with Crippen molar-refractivity contribution in [3.63, 3.8) is 0 Å². The van der Waals surface area contributed by atoms with Crippen molar-refractivity contribution in [1.82, 2.24) is 10.2 Å². The number of carbonyl (C=O) groups excluding carboxylic acids is 1. The SMILES string of the molecule is CCOc1c(CN(C)C(=O)NC(C)c2cccs2)cccc1OC. The highest BCUT2D eigenvalue weighted by atomic mass is 32.1. The molecule has 0 fully saturated rings. The lowest BCUT2D eigenvalue weighted by atomic mass is 10.1. The summed E-state index contributed by atoms with van der Waals surface area (Å²) < 4.78 is 11.0. The Kier molecular flexibility index (Phi) is 6.49. The number of benzene rings is 1. The zero-order valence-corrected chi connectivity index (χ0v) is 15.4. The van der Waals surface area contributed by atoms with E-state index in [0.29, 0.717) is 24.7 Å². The number of thiophene rings is 1. The van der Waals surface area contributed by atoms with E-state index in [9.17, 15) is 4.79 Å². The smallest absolute Gasteiger partial charge is 0.317 e. The zero-order valence-electron chi connectivity index (χ0n) is 14.5. The van der Waals surface area contributed by atoms with E-state index in [1.165, 1.54) is 0 Å². The van der Waals surface area contributed by atoms with E-state index in [1.54, 1.807) is 30.4 Å². The largest absolute Gasteiger partial charge is 0.493 e. The summed E-state index contributed by atoms with van der Waals surface area (Å²) in [6.45, 7) is 4.89. The summed E-state index contributed by atoms with van der Waals surface area (Å²) in [4.78, 5) is 15.2. The number of methoxy groups -OCH3 is 1. The van der Waals surface area contributed by atoms with Gasteiger partial charge >= 0.3 is 6.03 Å². The Bertz CT molecular complexity index is 658. The van der Waals surface area contributed by atoms with Crippen LogP contribution in [0.3, 0.4) is 0 Å². The number of urea groups is 1. The van der Waals surface area contributed by atoms with Crippen molar-refractivity contribution in [2.75, 3.05) is 20.8 Å². The minimum Gasteiger partial charge on any atom is -0.493 e. The predicted molar refractivity (Wildman–Crippen MR) is 96.9 cm³/mol. The first-order valence-corrected chi connectivity index (χ1v) is 8.78. The Morgan fingerprint density at radius 1 is 1.33 bits per heavy atom. The number of hydrogen-bond donors (Lipinski definition) is 1. The molecule has 0 saturated heterocycles. The fraction of sp³-hybridized carbons (Fsp3) is 0.389. The minimum absolute atomic E-state index is 0.0170. The fourth-order valence-corrected chi connectivity index (χ4v) is 3.12. The molecule has 1 atom stereocenters. The normalized spacial score (nSPS) is 11.7. The van der Waals surface area contributed by atoms with Gasteiger partial charge in [0.05, 0.1) is 26.3 Å². The van der Waals surface area contributed by atoms with Crippen molar-refractivity contribution >= 4 is 17.4 Å². The van der Waals surface area contributed by atoms with Gasteiger partial charge in [-0.1, -0.05) is 18.2 Å². The Morgan fingerprint density at radius 3 is 2.75 bits per heavy atom. The number of nitrogens with one attached hydrogen (secondary N) is 1. The summed E-state index contributed by atoms with van der Waals surface area (Å²) in [5.74, 6) is 1.36. The highest BCUT2D eigenvalue weighted by Gasteiger charge is 2.17. The molecule has 1 N–H and O–H groups in total. The van der Waals surface area contributed by atoms with Gasteiger partial charge in [0.25, 0.3) is 0 Å². The molecule has 1 aromatic carbocycles. The maximum absolute atomic E-state index is 12.4. The quantitative estimate of drug-likeness (QED) is 0.821. The summed E-state index contributed by atoms with van der Waals surface area (Å²) in [7, 11) is 3.38. The lowest BCUT2D eigenvalue weighted by Gasteiger charge is -2.22. The van der Waals surface area contributed by atoms with Gasteiger partial charge in [-0.15, -0.1) is 11.3 Å². The van der Waals surface area contributed by atoms with E-state index in [4.69, 9.17) is 9.47 Å². The van der Waals surface area contributed by atoms with E-state index in [2.05, 4.69) is 5.32 Å². The first-order valence-electron chi connectivity index (χ1n) is 7.90. The van der Waals surface area contributed by atoms with Crippen LogP contribution >= 0.6 is 11.3 Å². The molecule has 2 amide bonds. The second kappa shape index (κ2) is 8.59. The van der Waals surface area contributed by atoms with Crippen LogP contribution in [0.15, 0.2) is 35.7 Å². The third-order valence-corrected chi connectivity index (χ3v) is 4.69. The Balaban J connectivity index is 2.06. The second-order valence-corrected chi connectivity index (χ2v) is 6.40. The molecular weight excluding hydrogens is 324 g/mol. The summed E-state index contributed by atoms with van der Waals surface area (Å²) in [6.07, 6.45) is 0. The Morgan fingerprint density at radius 2 is 2.12 bits per heavy atom. The van der Waals surface area contributed by atoms with Gasteiger partial charge in [0.15, 0.2) is 11.5 Å². The van der Waals surface area contributed by atoms with Crippen LogP contribution in [0.5, 0.6) is 11.5 Å². The zero-order chi connectivity index (χ0) is 17.5. The van der Waals surface area contributed by atoms with E-state index in [1.807, 2.05) is 49.6 Å². The number of carbonyl (C=O) groups is 1. The Hall–Kier alpha value is -2.21. The molecular formula is C18H24N2O3S. The summed E-state index contributed by atoms with van der Waals surface area (Å²) >= 11 is 1.63. The number of hydrogen-bond acceptors (Lipinski definition) is 4. The van der Waals surface area contributed by atoms with Crippen LogP contribution in [0.1, 0.15) is 30.3 Å². The van der Waals surface area contributed by atoms with Gasteiger partial charge in [-0.25, -0.2) is 4.79 Å². The molecule has 1 aromatic heterocycles. The molecule has 2 rings (SSSR count). The number of rotatable bonds is 7. The van der Waals surface area contributed by atoms with Crippen LogP contribution in [0.25, 0.3) is 0 Å². The number of amides is 2. The van der Waals surface area contributed by atoms with Crippen molar-refractivity contribution in [2.24, 2.45) is 0 Å². The molecule has 0 aliphatic heterocycles. The summed E-state index contributed by atoms with van der Waals surface area (Å²) in [5.41, 5.74) is 0.914.